The predicted molar refractivity (Wildman–Crippen MR) is 86.8 cm³/mol. The van der Waals surface area contributed by atoms with Gasteiger partial charge in [0.05, 0.1) is 0 Å². The Morgan fingerprint density at radius 1 is 1.09 bits per heavy atom. The Morgan fingerprint density at radius 2 is 1.91 bits per heavy atom. The van der Waals surface area contributed by atoms with E-state index in [0.29, 0.717) is 0 Å². The van der Waals surface area contributed by atoms with Gasteiger partial charge in [0.25, 0.3) is 0 Å². The molecule has 1 fully saturated rings. The van der Waals surface area contributed by atoms with Gasteiger partial charge in [-0.3, -0.25) is 0 Å². The van der Waals surface area contributed by atoms with E-state index in [4.69, 9.17) is 5.10 Å². The first kappa shape index (κ1) is 13.2. The Balaban J connectivity index is 1.66. The smallest absolute Gasteiger partial charge is 0.185 e. The van der Waals surface area contributed by atoms with Gasteiger partial charge >= 0.3 is 0 Å². The second-order valence-corrected chi connectivity index (χ2v) is 6.00. The molecule has 1 aliphatic carbocycles. The Labute approximate surface area is 129 Å². The minimum absolute atomic E-state index is 0.776. The van der Waals surface area contributed by atoms with Crippen LogP contribution in [0.5, 0.6) is 0 Å². The molecule has 0 N–H and O–H groups in total. The van der Waals surface area contributed by atoms with E-state index in [-0.39, 0.29) is 0 Å². The van der Waals surface area contributed by atoms with Gasteiger partial charge in [-0.25, -0.2) is 0 Å². The molecule has 4 rings (SSSR count). The van der Waals surface area contributed by atoms with Gasteiger partial charge < -0.3 is 4.90 Å². The first-order valence-corrected chi connectivity index (χ1v) is 7.80. The first-order chi connectivity index (χ1) is 10.8. The molecule has 0 amide bonds. The van der Waals surface area contributed by atoms with E-state index >= 15 is 0 Å². The average Bonchev–Trinajstić information content (AvgIpc) is 3.30. The van der Waals surface area contributed by atoms with Gasteiger partial charge in [0, 0.05) is 19.2 Å². The van der Waals surface area contributed by atoms with E-state index in [2.05, 4.69) is 22.1 Å². The van der Waals surface area contributed by atoms with Crippen molar-refractivity contribution in [1.29, 1.82) is 0 Å². The van der Waals surface area contributed by atoms with Crippen LogP contribution in [0.1, 0.15) is 19.3 Å². The summed E-state index contributed by atoms with van der Waals surface area (Å²) in [6.45, 7) is 1.05. The molecule has 3 aromatic rings. The van der Waals surface area contributed by atoms with E-state index < -0.39 is 0 Å². The molecule has 0 unspecified atom stereocenters. The first-order valence-electron chi connectivity index (χ1n) is 7.80. The van der Waals surface area contributed by atoms with Gasteiger partial charge in [0.1, 0.15) is 5.82 Å². The van der Waals surface area contributed by atoms with Crippen LogP contribution in [0.4, 0.5) is 5.82 Å². The lowest BCUT2D eigenvalue weighted by atomic mass is 10.2. The van der Waals surface area contributed by atoms with Crippen molar-refractivity contribution in [2.45, 2.75) is 19.3 Å². The fourth-order valence-corrected chi connectivity index (χ4v) is 2.65. The van der Waals surface area contributed by atoms with Crippen LogP contribution < -0.4 is 4.90 Å². The standard InChI is InChI=1S/C17H19N5/c1-21(12-11-13-7-8-13)16-10-9-15-18-19-17(22(15)20-16)14-5-3-2-4-6-14/h2-6,9-10,13H,7-8,11-12H2,1H3. The molecular formula is C17H19N5. The maximum atomic E-state index is 4.73. The molecule has 0 aliphatic heterocycles. The second kappa shape index (κ2) is 5.40. The minimum atomic E-state index is 0.776. The maximum Gasteiger partial charge on any atom is 0.185 e. The van der Waals surface area contributed by atoms with Crippen LogP contribution in [-0.4, -0.2) is 33.4 Å². The van der Waals surface area contributed by atoms with Crippen LogP contribution in [0.15, 0.2) is 42.5 Å². The summed E-state index contributed by atoms with van der Waals surface area (Å²) in [6.07, 6.45) is 4.04. The zero-order chi connectivity index (χ0) is 14.9. The Morgan fingerprint density at radius 3 is 2.68 bits per heavy atom. The average molecular weight is 293 g/mol. The van der Waals surface area contributed by atoms with Gasteiger partial charge in [0.15, 0.2) is 11.5 Å². The highest BCUT2D eigenvalue weighted by Crippen LogP contribution is 2.32. The van der Waals surface area contributed by atoms with Gasteiger partial charge in [-0.1, -0.05) is 43.2 Å². The van der Waals surface area contributed by atoms with Gasteiger partial charge in [0.2, 0.25) is 0 Å². The number of hydrogen-bond donors (Lipinski definition) is 0. The molecule has 0 spiro atoms. The molecule has 5 nitrogen and oxygen atoms in total. The SMILES string of the molecule is CN(CCC1CC1)c1ccc2nnc(-c3ccccc3)n2n1. The number of aromatic nitrogens is 4. The molecule has 0 radical (unpaired) electrons. The van der Waals surface area contributed by atoms with Crippen molar-refractivity contribution in [3.63, 3.8) is 0 Å². The summed E-state index contributed by atoms with van der Waals surface area (Å²) < 4.78 is 1.83. The molecule has 0 bridgehead atoms. The summed E-state index contributed by atoms with van der Waals surface area (Å²) in [4.78, 5) is 2.21. The molecule has 0 saturated heterocycles. The van der Waals surface area contributed by atoms with Gasteiger partial charge in [-0.05, 0) is 24.5 Å². The van der Waals surface area contributed by atoms with E-state index in [0.717, 1.165) is 35.3 Å². The third-order valence-corrected chi connectivity index (χ3v) is 4.24. The summed E-state index contributed by atoms with van der Waals surface area (Å²) >= 11 is 0. The third kappa shape index (κ3) is 2.54. The molecule has 2 aromatic heterocycles. The number of benzene rings is 1. The quantitative estimate of drug-likeness (QED) is 0.725. The molecule has 1 aromatic carbocycles. The molecule has 2 heterocycles. The summed E-state index contributed by atoms with van der Waals surface area (Å²) in [5, 5.41) is 13.2. The molecular weight excluding hydrogens is 274 g/mol. The second-order valence-electron chi connectivity index (χ2n) is 6.00. The summed E-state index contributed by atoms with van der Waals surface area (Å²) in [5.74, 6) is 2.68. The monoisotopic (exact) mass is 293 g/mol. The third-order valence-electron chi connectivity index (χ3n) is 4.24. The van der Waals surface area contributed by atoms with Crippen molar-refractivity contribution in [3.05, 3.63) is 42.5 Å². The number of fused-ring (bicyclic) bond motifs is 1. The highest BCUT2D eigenvalue weighted by Gasteiger charge is 2.21. The molecule has 22 heavy (non-hydrogen) atoms. The number of anilines is 1. The Bertz CT molecular complexity index is 776. The summed E-state index contributed by atoms with van der Waals surface area (Å²) in [6, 6.07) is 14.1. The van der Waals surface area contributed by atoms with Crippen molar-refractivity contribution < 1.29 is 0 Å². The number of hydrogen-bond acceptors (Lipinski definition) is 4. The van der Waals surface area contributed by atoms with E-state index in [9.17, 15) is 0 Å². The van der Waals surface area contributed by atoms with E-state index in [1.54, 1.807) is 0 Å². The zero-order valence-corrected chi connectivity index (χ0v) is 12.7. The topological polar surface area (TPSA) is 46.3 Å². The van der Waals surface area contributed by atoms with Crippen LogP contribution in [0.2, 0.25) is 0 Å². The van der Waals surface area contributed by atoms with Crippen molar-refractivity contribution in [3.8, 4) is 11.4 Å². The molecule has 112 valence electrons. The Kier molecular flexibility index (Phi) is 3.25. The highest BCUT2D eigenvalue weighted by molar-refractivity contribution is 5.59. The molecule has 1 aliphatic rings. The number of rotatable bonds is 5. The van der Waals surface area contributed by atoms with Crippen LogP contribution in [0.25, 0.3) is 17.0 Å². The normalized spacial score (nSPS) is 14.4. The largest absolute Gasteiger partial charge is 0.358 e. The lowest BCUT2D eigenvalue weighted by Gasteiger charge is -2.17. The van der Waals surface area contributed by atoms with Gasteiger partial charge in [-0.2, -0.15) is 4.52 Å². The van der Waals surface area contributed by atoms with Crippen LogP contribution in [0.3, 0.4) is 0 Å². The lowest BCUT2D eigenvalue weighted by Crippen LogP contribution is -2.21. The van der Waals surface area contributed by atoms with Crippen molar-refractivity contribution in [1.82, 2.24) is 19.8 Å². The lowest BCUT2D eigenvalue weighted by molar-refractivity contribution is 0.700. The van der Waals surface area contributed by atoms with Crippen LogP contribution in [0, 0.1) is 5.92 Å². The molecule has 1 saturated carbocycles. The van der Waals surface area contributed by atoms with E-state index in [1.807, 2.05) is 47.0 Å². The minimum Gasteiger partial charge on any atom is -0.358 e. The highest BCUT2D eigenvalue weighted by atomic mass is 15.4. The van der Waals surface area contributed by atoms with Gasteiger partial charge in [-0.15, -0.1) is 15.3 Å². The predicted octanol–water partition coefficient (Wildman–Crippen LogP) is 3.03. The maximum absolute atomic E-state index is 4.73. The molecule has 0 atom stereocenters. The molecule has 5 heteroatoms. The van der Waals surface area contributed by atoms with E-state index in [1.165, 1.54) is 19.3 Å². The summed E-state index contributed by atoms with van der Waals surface area (Å²) in [5.41, 5.74) is 1.80. The Hall–Kier alpha value is -2.43. The fraction of sp³-hybridized carbons (Fsp3) is 0.353. The van der Waals surface area contributed by atoms with Crippen molar-refractivity contribution in [2.24, 2.45) is 5.92 Å². The number of nitrogens with zero attached hydrogens (tertiary/aromatic N) is 5. The summed E-state index contributed by atoms with van der Waals surface area (Å²) in [7, 11) is 2.10. The van der Waals surface area contributed by atoms with Crippen molar-refractivity contribution >= 4 is 11.5 Å². The van der Waals surface area contributed by atoms with Crippen LogP contribution in [-0.2, 0) is 0 Å². The van der Waals surface area contributed by atoms with Crippen molar-refractivity contribution in [2.75, 3.05) is 18.5 Å². The zero-order valence-electron chi connectivity index (χ0n) is 12.7. The fourth-order valence-electron chi connectivity index (χ4n) is 2.65. The van der Waals surface area contributed by atoms with Crippen LogP contribution >= 0.6 is 0 Å².